The lowest BCUT2D eigenvalue weighted by molar-refractivity contribution is 0.0575. The first-order valence-electron chi connectivity index (χ1n) is 10.7. The Labute approximate surface area is 182 Å². The Bertz CT molecular complexity index is 883. The summed E-state index contributed by atoms with van der Waals surface area (Å²) in [5.74, 6) is 0.197. The molecule has 1 aromatic heterocycles. The summed E-state index contributed by atoms with van der Waals surface area (Å²) in [6, 6.07) is 10.7. The minimum Gasteiger partial charge on any atom is -0.352 e. The predicted molar refractivity (Wildman–Crippen MR) is 118 cm³/mol. The molecule has 0 saturated carbocycles. The maximum Gasteiger partial charge on any atom is 0.257 e. The summed E-state index contributed by atoms with van der Waals surface area (Å²) in [6.07, 6.45) is 7.68. The summed E-state index contributed by atoms with van der Waals surface area (Å²) in [7, 11) is 0. The Morgan fingerprint density at radius 2 is 1.73 bits per heavy atom. The first-order valence-corrected chi connectivity index (χ1v) is 11.0. The second-order valence-electron chi connectivity index (χ2n) is 8.11. The molecule has 6 nitrogen and oxygen atoms in total. The molecule has 4 rings (SSSR count). The number of amides is 2. The molecule has 2 atom stereocenters. The lowest BCUT2D eigenvalue weighted by Gasteiger charge is -2.44. The molecule has 2 N–H and O–H groups in total. The van der Waals surface area contributed by atoms with Gasteiger partial charge in [0.2, 0.25) is 0 Å². The minimum atomic E-state index is -0.272. The first-order chi connectivity index (χ1) is 14.6. The summed E-state index contributed by atoms with van der Waals surface area (Å²) >= 11 is 5.75. The number of benzene rings is 1. The van der Waals surface area contributed by atoms with Crippen LogP contribution in [0.2, 0.25) is 5.15 Å². The molecule has 7 heteroatoms. The molecule has 30 heavy (non-hydrogen) atoms. The van der Waals surface area contributed by atoms with Crippen LogP contribution in [-0.4, -0.2) is 47.4 Å². The Morgan fingerprint density at radius 3 is 2.50 bits per heavy atom. The number of rotatable bonds is 5. The van der Waals surface area contributed by atoms with Gasteiger partial charge in [0.05, 0.1) is 5.56 Å². The quantitative estimate of drug-likeness (QED) is 0.709. The molecule has 2 saturated heterocycles. The van der Waals surface area contributed by atoms with E-state index in [0.29, 0.717) is 33.9 Å². The van der Waals surface area contributed by atoms with Crippen LogP contribution >= 0.6 is 11.6 Å². The smallest absolute Gasteiger partial charge is 0.257 e. The molecule has 2 aliphatic rings. The van der Waals surface area contributed by atoms with Crippen molar-refractivity contribution >= 4 is 29.1 Å². The summed E-state index contributed by atoms with van der Waals surface area (Å²) in [4.78, 5) is 31.4. The summed E-state index contributed by atoms with van der Waals surface area (Å²) in [6.45, 7) is 3.13. The van der Waals surface area contributed by atoms with E-state index in [1.807, 2.05) is 0 Å². The summed E-state index contributed by atoms with van der Waals surface area (Å²) in [5, 5.41) is 6.26. The number of nitrogens with zero attached hydrogens (tertiary/aromatic N) is 2. The predicted octanol–water partition coefficient (Wildman–Crippen LogP) is 3.98. The van der Waals surface area contributed by atoms with Gasteiger partial charge in [-0.3, -0.25) is 9.59 Å². The molecule has 2 fully saturated rings. The van der Waals surface area contributed by atoms with E-state index in [1.54, 1.807) is 36.4 Å². The third kappa shape index (κ3) is 4.99. The van der Waals surface area contributed by atoms with Gasteiger partial charge in [-0.1, -0.05) is 18.0 Å². The minimum absolute atomic E-state index is 0.0669. The van der Waals surface area contributed by atoms with Crippen LogP contribution in [0.3, 0.4) is 0 Å². The molecular weight excluding hydrogens is 400 g/mol. The third-order valence-electron chi connectivity index (χ3n) is 6.15. The Morgan fingerprint density at radius 1 is 0.967 bits per heavy atom. The second kappa shape index (κ2) is 9.58. The summed E-state index contributed by atoms with van der Waals surface area (Å²) in [5.41, 5.74) is 1.64. The molecule has 0 unspecified atom stereocenters. The number of hydrogen-bond donors (Lipinski definition) is 2. The highest BCUT2D eigenvalue weighted by Gasteiger charge is 2.32. The number of aromatic nitrogens is 1. The van der Waals surface area contributed by atoms with Crippen LogP contribution in [0.1, 0.15) is 52.8 Å². The van der Waals surface area contributed by atoms with Crippen molar-refractivity contribution in [3.05, 3.63) is 58.9 Å². The van der Waals surface area contributed by atoms with Crippen LogP contribution in [0.25, 0.3) is 0 Å². The zero-order chi connectivity index (χ0) is 20.9. The maximum atomic E-state index is 12.6. The van der Waals surface area contributed by atoms with Crippen molar-refractivity contribution in [3.63, 3.8) is 0 Å². The van der Waals surface area contributed by atoms with Crippen molar-refractivity contribution < 1.29 is 9.59 Å². The number of nitrogens with one attached hydrogen (secondary N) is 2. The monoisotopic (exact) mass is 426 g/mol. The lowest BCUT2D eigenvalue weighted by atomic mass is 9.83. The molecule has 158 valence electrons. The van der Waals surface area contributed by atoms with Gasteiger partial charge in [-0.25, -0.2) is 4.98 Å². The highest BCUT2D eigenvalue weighted by molar-refractivity contribution is 6.29. The lowest BCUT2D eigenvalue weighted by Crippen LogP contribution is -2.51. The van der Waals surface area contributed by atoms with E-state index >= 15 is 0 Å². The van der Waals surface area contributed by atoms with E-state index < -0.39 is 0 Å². The van der Waals surface area contributed by atoms with Crippen LogP contribution in [0.4, 0.5) is 5.69 Å². The molecule has 2 aromatic rings. The molecule has 1 aromatic carbocycles. The molecule has 2 aliphatic heterocycles. The number of carbonyl (C=O) groups is 2. The second-order valence-corrected chi connectivity index (χ2v) is 8.50. The molecule has 0 aliphatic carbocycles. The summed E-state index contributed by atoms with van der Waals surface area (Å²) < 4.78 is 0. The van der Waals surface area contributed by atoms with Gasteiger partial charge in [0, 0.05) is 30.0 Å². The number of pyridine rings is 1. The normalized spacial score (nSPS) is 21.5. The number of hydrogen-bond acceptors (Lipinski definition) is 4. The van der Waals surface area contributed by atoms with Gasteiger partial charge in [-0.05, 0) is 81.1 Å². The van der Waals surface area contributed by atoms with Crippen molar-refractivity contribution in [1.82, 2.24) is 15.2 Å². The van der Waals surface area contributed by atoms with Gasteiger partial charge in [0.25, 0.3) is 11.8 Å². The number of piperidine rings is 2. The van der Waals surface area contributed by atoms with Crippen molar-refractivity contribution in [3.8, 4) is 0 Å². The molecule has 0 bridgehead atoms. The first kappa shape index (κ1) is 20.8. The number of anilines is 1. The molecule has 2 amide bonds. The fourth-order valence-electron chi connectivity index (χ4n) is 4.56. The van der Waals surface area contributed by atoms with E-state index in [1.165, 1.54) is 51.4 Å². The number of halogens is 1. The zero-order valence-electron chi connectivity index (χ0n) is 16.9. The maximum absolute atomic E-state index is 12.6. The van der Waals surface area contributed by atoms with E-state index in [9.17, 15) is 9.59 Å². The zero-order valence-corrected chi connectivity index (χ0v) is 17.7. The van der Waals surface area contributed by atoms with Gasteiger partial charge in [0.15, 0.2) is 0 Å². The van der Waals surface area contributed by atoms with E-state index in [2.05, 4.69) is 20.5 Å². The molecule has 0 spiro atoms. The van der Waals surface area contributed by atoms with Gasteiger partial charge >= 0.3 is 0 Å². The number of carbonyl (C=O) groups excluding carboxylic acids is 2. The molecule has 0 radical (unpaired) electrons. The Hall–Kier alpha value is -2.44. The van der Waals surface area contributed by atoms with Crippen LogP contribution in [-0.2, 0) is 0 Å². The fraction of sp³-hybridized carbons (Fsp3) is 0.435. The topological polar surface area (TPSA) is 74.3 Å². The van der Waals surface area contributed by atoms with Crippen LogP contribution in [0.5, 0.6) is 0 Å². The van der Waals surface area contributed by atoms with Crippen molar-refractivity contribution in [1.29, 1.82) is 0 Å². The van der Waals surface area contributed by atoms with Crippen molar-refractivity contribution in [2.75, 3.05) is 25.0 Å². The average Bonchev–Trinajstić information content (AvgIpc) is 2.78. The van der Waals surface area contributed by atoms with Gasteiger partial charge in [0.1, 0.15) is 5.15 Å². The van der Waals surface area contributed by atoms with E-state index in [4.69, 9.17) is 11.6 Å². The van der Waals surface area contributed by atoms with Crippen molar-refractivity contribution in [2.45, 2.75) is 38.1 Å². The standard InChI is InChI=1S/C23H27ClN4O2/c24-21-11-8-18(15-25-21)23(30)27-19-9-6-16(7-10-19)22(29)26-14-17-4-3-13-28-12-2-1-5-20(17)28/h6-11,15,17,20H,1-5,12-14H2,(H,26,29)(H,27,30)/t17-,20+/m0/s1. The fourth-order valence-corrected chi connectivity index (χ4v) is 4.67. The highest BCUT2D eigenvalue weighted by atomic mass is 35.5. The highest BCUT2D eigenvalue weighted by Crippen LogP contribution is 2.30. The van der Waals surface area contributed by atoms with E-state index in [0.717, 1.165) is 6.54 Å². The Balaban J connectivity index is 1.30. The average molecular weight is 427 g/mol. The number of fused-ring (bicyclic) bond motifs is 1. The third-order valence-corrected chi connectivity index (χ3v) is 6.37. The molecular formula is C23H27ClN4O2. The van der Waals surface area contributed by atoms with Gasteiger partial charge in [-0.2, -0.15) is 0 Å². The Kier molecular flexibility index (Phi) is 6.65. The van der Waals surface area contributed by atoms with Gasteiger partial charge in [-0.15, -0.1) is 0 Å². The van der Waals surface area contributed by atoms with Crippen LogP contribution in [0.15, 0.2) is 42.6 Å². The van der Waals surface area contributed by atoms with Crippen LogP contribution in [0, 0.1) is 5.92 Å². The van der Waals surface area contributed by atoms with Gasteiger partial charge < -0.3 is 15.5 Å². The largest absolute Gasteiger partial charge is 0.352 e. The van der Waals surface area contributed by atoms with Crippen LogP contribution < -0.4 is 10.6 Å². The van der Waals surface area contributed by atoms with E-state index in [-0.39, 0.29) is 11.8 Å². The SMILES string of the molecule is O=C(NC[C@@H]1CCCN2CCCC[C@H]12)c1ccc(NC(=O)c2ccc(Cl)nc2)cc1. The van der Waals surface area contributed by atoms with Crippen molar-refractivity contribution in [2.24, 2.45) is 5.92 Å². The molecule has 3 heterocycles.